The van der Waals surface area contributed by atoms with Gasteiger partial charge in [-0.05, 0) is 31.2 Å². The number of hydrogen-bond donors (Lipinski definition) is 1. The molecule has 24 heavy (non-hydrogen) atoms. The van der Waals surface area contributed by atoms with Crippen molar-refractivity contribution in [3.63, 3.8) is 0 Å². The lowest BCUT2D eigenvalue weighted by molar-refractivity contribution is 0.0665. The number of carbonyl (C=O) groups is 2. The summed E-state index contributed by atoms with van der Waals surface area (Å²) in [7, 11) is 0. The molecule has 1 aliphatic heterocycles. The molecule has 1 fully saturated rings. The van der Waals surface area contributed by atoms with Crippen LogP contribution in [-0.2, 0) is 0 Å². The van der Waals surface area contributed by atoms with Gasteiger partial charge in [-0.3, -0.25) is 9.36 Å². The van der Waals surface area contributed by atoms with Gasteiger partial charge in [0.1, 0.15) is 12.7 Å². The minimum atomic E-state index is -0.0668. The monoisotopic (exact) mass is 328 g/mol. The molecule has 1 aliphatic rings. The molecule has 0 aliphatic carbocycles. The minimum absolute atomic E-state index is 0.0131. The molecule has 3 rings (SSSR count). The van der Waals surface area contributed by atoms with E-state index in [4.69, 9.17) is 0 Å². The predicted octanol–water partition coefficient (Wildman–Crippen LogP) is 0.755. The Bertz CT molecular complexity index is 690. The van der Waals surface area contributed by atoms with Gasteiger partial charge < -0.3 is 15.1 Å². The van der Waals surface area contributed by atoms with Crippen LogP contribution in [0.15, 0.2) is 36.9 Å². The lowest BCUT2D eigenvalue weighted by Crippen LogP contribution is -2.53. The Kier molecular flexibility index (Phi) is 4.74. The van der Waals surface area contributed by atoms with Crippen LogP contribution in [0.1, 0.15) is 17.3 Å². The molecular weight excluding hydrogens is 308 g/mol. The zero-order chi connectivity index (χ0) is 16.9. The summed E-state index contributed by atoms with van der Waals surface area (Å²) < 4.78 is 1.78. The number of amides is 3. The van der Waals surface area contributed by atoms with Gasteiger partial charge in [-0.1, -0.05) is 0 Å². The second-order valence-corrected chi connectivity index (χ2v) is 5.53. The van der Waals surface area contributed by atoms with Crippen LogP contribution in [0.2, 0.25) is 0 Å². The van der Waals surface area contributed by atoms with Crippen molar-refractivity contribution in [1.82, 2.24) is 29.9 Å². The third-order valence-corrected chi connectivity index (χ3v) is 4.01. The fourth-order valence-electron chi connectivity index (χ4n) is 2.67. The highest BCUT2D eigenvalue weighted by molar-refractivity contribution is 5.94. The zero-order valence-electron chi connectivity index (χ0n) is 13.6. The maximum atomic E-state index is 12.6. The summed E-state index contributed by atoms with van der Waals surface area (Å²) >= 11 is 0. The summed E-state index contributed by atoms with van der Waals surface area (Å²) in [5.74, 6) is -0.0131. The number of rotatable bonds is 3. The van der Waals surface area contributed by atoms with E-state index in [0.29, 0.717) is 38.3 Å². The maximum absolute atomic E-state index is 12.6. The quantitative estimate of drug-likeness (QED) is 0.901. The Balaban J connectivity index is 1.60. The van der Waals surface area contributed by atoms with E-state index in [1.54, 1.807) is 39.2 Å². The van der Waals surface area contributed by atoms with Gasteiger partial charge >= 0.3 is 6.03 Å². The molecule has 1 N–H and O–H groups in total. The Morgan fingerprint density at radius 3 is 2.17 bits per heavy atom. The maximum Gasteiger partial charge on any atom is 0.317 e. The van der Waals surface area contributed by atoms with E-state index < -0.39 is 0 Å². The molecule has 1 saturated heterocycles. The summed E-state index contributed by atoms with van der Waals surface area (Å²) in [4.78, 5) is 27.9. The van der Waals surface area contributed by atoms with Gasteiger partial charge in [0.25, 0.3) is 5.91 Å². The Morgan fingerprint density at radius 2 is 1.58 bits per heavy atom. The van der Waals surface area contributed by atoms with Gasteiger partial charge in [-0.15, -0.1) is 10.2 Å². The highest BCUT2D eigenvalue weighted by Crippen LogP contribution is 2.12. The average Bonchev–Trinajstić information content (AvgIpc) is 3.16. The number of nitrogens with one attached hydrogen (secondary N) is 1. The smallest absolute Gasteiger partial charge is 0.317 e. The molecule has 0 atom stereocenters. The first-order valence-corrected chi connectivity index (χ1v) is 7.96. The summed E-state index contributed by atoms with van der Waals surface area (Å²) in [5.41, 5.74) is 1.54. The van der Waals surface area contributed by atoms with Crippen molar-refractivity contribution in [2.45, 2.75) is 6.92 Å². The van der Waals surface area contributed by atoms with Gasteiger partial charge in [0.15, 0.2) is 0 Å². The van der Waals surface area contributed by atoms with E-state index in [1.165, 1.54) is 0 Å². The second-order valence-electron chi connectivity index (χ2n) is 5.53. The molecule has 0 bridgehead atoms. The van der Waals surface area contributed by atoms with Crippen LogP contribution in [-0.4, -0.2) is 69.2 Å². The number of benzene rings is 1. The first kappa shape index (κ1) is 16.0. The third kappa shape index (κ3) is 3.37. The molecule has 0 saturated carbocycles. The zero-order valence-corrected chi connectivity index (χ0v) is 13.6. The number of aromatic nitrogens is 3. The van der Waals surface area contributed by atoms with Crippen LogP contribution < -0.4 is 5.32 Å². The van der Waals surface area contributed by atoms with Gasteiger partial charge in [-0.2, -0.15) is 0 Å². The van der Waals surface area contributed by atoms with Crippen LogP contribution in [0.4, 0.5) is 4.79 Å². The van der Waals surface area contributed by atoms with Crippen molar-refractivity contribution in [2.75, 3.05) is 32.7 Å². The first-order chi connectivity index (χ1) is 11.7. The predicted molar refractivity (Wildman–Crippen MR) is 87.9 cm³/mol. The van der Waals surface area contributed by atoms with Crippen LogP contribution in [0.25, 0.3) is 5.69 Å². The topological polar surface area (TPSA) is 83.4 Å². The number of nitrogens with zero attached hydrogens (tertiary/aromatic N) is 5. The lowest BCUT2D eigenvalue weighted by Gasteiger charge is -2.34. The molecule has 2 heterocycles. The highest BCUT2D eigenvalue weighted by Gasteiger charge is 2.24. The number of urea groups is 1. The van der Waals surface area contributed by atoms with Crippen molar-refractivity contribution in [1.29, 1.82) is 0 Å². The van der Waals surface area contributed by atoms with Crippen molar-refractivity contribution in [2.24, 2.45) is 0 Å². The van der Waals surface area contributed by atoms with E-state index >= 15 is 0 Å². The molecule has 0 spiro atoms. The van der Waals surface area contributed by atoms with E-state index in [9.17, 15) is 9.59 Å². The first-order valence-electron chi connectivity index (χ1n) is 7.96. The minimum Gasteiger partial charge on any atom is -0.338 e. The fourth-order valence-corrected chi connectivity index (χ4v) is 2.67. The summed E-state index contributed by atoms with van der Waals surface area (Å²) in [6.45, 7) is 4.69. The molecule has 0 unspecified atom stereocenters. The normalized spacial score (nSPS) is 14.5. The van der Waals surface area contributed by atoms with Crippen molar-refractivity contribution < 1.29 is 9.59 Å². The number of piperazine rings is 1. The van der Waals surface area contributed by atoms with Crippen molar-refractivity contribution in [3.8, 4) is 5.69 Å². The third-order valence-electron chi connectivity index (χ3n) is 4.01. The molecule has 2 aromatic rings. The largest absolute Gasteiger partial charge is 0.338 e. The Labute approximate surface area is 140 Å². The standard InChI is InChI=1S/C16H20N6O2/c1-2-17-16(24)21-9-7-20(8-10-21)15(23)13-3-5-14(6-4-13)22-11-18-19-12-22/h3-6,11-12H,2,7-10H2,1H3,(H,17,24). The molecule has 8 nitrogen and oxygen atoms in total. The lowest BCUT2D eigenvalue weighted by atomic mass is 10.1. The van der Waals surface area contributed by atoms with Crippen LogP contribution >= 0.6 is 0 Å². The van der Waals surface area contributed by atoms with E-state index in [2.05, 4.69) is 15.5 Å². The van der Waals surface area contributed by atoms with Crippen LogP contribution in [0.5, 0.6) is 0 Å². The van der Waals surface area contributed by atoms with Gasteiger partial charge in [0.2, 0.25) is 0 Å². The summed E-state index contributed by atoms with van der Waals surface area (Å²) in [6.07, 6.45) is 3.22. The molecular formula is C16H20N6O2. The Morgan fingerprint density at radius 1 is 1.00 bits per heavy atom. The molecule has 8 heteroatoms. The molecule has 0 radical (unpaired) electrons. The molecule has 1 aromatic carbocycles. The van der Waals surface area contributed by atoms with Crippen molar-refractivity contribution >= 4 is 11.9 Å². The van der Waals surface area contributed by atoms with Gasteiger partial charge in [0, 0.05) is 44.0 Å². The Hall–Kier alpha value is -2.90. The second kappa shape index (κ2) is 7.12. The molecule has 126 valence electrons. The van der Waals surface area contributed by atoms with Crippen LogP contribution in [0, 0.1) is 0 Å². The van der Waals surface area contributed by atoms with Gasteiger partial charge in [0.05, 0.1) is 0 Å². The highest BCUT2D eigenvalue weighted by atomic mass is 16.2. The number of hydrogen-bond acceptors (Lipinski definition) is 4. The SMILES string of the molecule is CCNC(=O)N1CCN(C(=O)c2ccc(-n3cnnc3)cc2)CC1. The van der Waals surface area contributed by atoms with Crippen LogP contribution in [0.3, 0.4) is 0 Å². The van der Waals surface area contributed by atoms with E-state index in [-0.39, 0.29) is 11.9 Å². The summed E-state index contributed by atoms with van der Waals surface area (Å²) in [6, 6.07) is 7.26. The molecule has 1 aromatic heterocycles. The average molecular weight is 328 g/mol. The van der Waals surface area contributed by atoms with Gasteiger partial charge in [-0.25, -0.2) is 4.79 Å². The van der Waals surface area contributed by atoms with Crippen molar-refractivity contribution in [3.05, 3.63) is 42.5 Å². The summed E-state index contributed by atoms with van der Waals surface area (Å²) in [5, 5.41) is 10.3. The number of carbonyl (C=O) groups excluding carboxylic acids is 2. The molecule has 3 amide bonds. The van der Waals surface area contributed by atoms with E-state index in [1.807, 2.05) is 19.1 Å². The van der Waals surface area contributed by atoms with E-state index in [0.717, 1.165) is 5.69 Å². The fraction of sp³-hybridized carbons (Fsp3) is 0.375.